The summed E-state index contributed by atoms with van der Waals surface area (Å²) in [5.41, 5.74) is 1.56. The van der Waals surface area contributed by atoms with Gasteiger partial charge in [-0.25, -0.2) is 9.64 Å². The summed E-state index contributed by atoms with van der Waals surface area (Å²) < 4.78 is 0. The number of nitrogens with one attached hydrogen (secondary N) is 1. The van der Waals surface area contributed by atoms with Crippen LogP contribution in [0.4, 0.5) is 11.4 Å². The highest BCUT2D eigenvalue weighted by Crippen LogP contribution is 2.15. The topological polar surface area (TPSA) is 70.8 Å². The molecule has 0 bridgehead atoms. The molecular formula is C15H10N2O3. The molecule has 0 saturated carbocycles. The van der Waals surface area contributed by atoms with Crippen molar-refractivity contribution in [1.82, 2.24) is 0 Å². The second kappa shape index (κ2) is 5.67. The van der Waals surface area contributed by atoms with Gasteiger partial charge in [0.05, 0.1) is 12.1 Å². The summed E-state index contributed by atoms with van der Waals surface area (Å²) >= 11 is 0. The fourth-order valence-electron chi connectivity index (χ4n) is 1.59. The molecule has 0 radical (unpaired) electrons. The van der Waals surface area contributed by atoms with E-state index in [1.807, 2.05) is 0 Å². The number of nitrogens with zero attached hydrogens (tertiary/aromatic N) is 1. The van der Waals surface area contributed by atoms with Gasteiger partial charge in [-0.15, -0.1) is 0 Å². The standard InChI is InChI=1S/C15H10N2O3/c1-16-12-6-2-10(3-7-12)14(18)17-13-8-4-11(5-9-13)15(19)20/h2-9H,(H,17,18)(H,19,20). The first-order chi connectivity index (χ1) is 9.60. The zero-order valence-electron chi connectivity index (χ0n) is 10.3. The number of carboxylic acids is 1. The van der Waals surface area contributed by atoms with Gasteiger partial charge in [-0.1, -0.05) is 24.3 Å². The lowest BCUT2D eigenvalue weighted by Crippen LogP contribution is -2.11. The second-order valence-electron chi connectivity index (χ2n) is 4.00. The third-order valence-corrected chi connectivity index (χ3v) is 2.65. The summed E-state index contributed by atoms with van der Waals surface area (Å²) in [4.78, 5) is 25.9. The quantitative estimate of drug-likeness (QED) is 0.838. The third kappa shape index (κ3) is 3.00. The Morgan fingerprint density at radius 1 is 0.950 bits per heavy atom. The van der Waals surface area contributed by atoms with E-state index in [4.69, 9.17) is 11.7 Å². The van der Waals surface area contributed by atoms with Crippen LogP contribution < -0.4 is 5.32 Å². The summed E-state index contributed by atoms with van der Waals surface area (Å²) in [5, 5.41) is 11.4. The van der Waals surface area contributed by atoms with Crippen LogP contribution in [0, 0.1) is 6.57 Å². The van der Waals surface area contributed by atoms with Gasteiger partial charge in [0, 0.05) is 11.3 Å². The summed E-state index contributed by atoms with van der Waals surface area (Å²) in [7, 11) is 0. The molecule has 2 aromatic carbocycles. The number of anilines is 1. The normalized spacial score (nSPS) is 9.55. The van der Waals surface area contributed by atoms with E-state index >= 15 is 0 Å². The van der Waals surface area contributed by atoms with Gasteiger partial charge in [-0.05, 0) is 24.3 Å². The molecule has 2 rings (SSSR count). The van der Waals surface area contributed by atoms with E-state index < -0.39 is 5.97 Å². The number of rotatable bonds is 3. The van der Waals surface area contributed by atoms with E-state index in [0.717, 1.165) is 0 Å². The van der Waals surface area contributed by atoms with Crippen molar-refractivity contribution in [3.63, 3.8) is 0 Å². The molecule has 0 unspecified atom stereocenters. The van der Waals surface area contributed by atoms with Gasteiger partial charge in [-0.2, -0.15) is 0 Å². The van der Waals surface area contributed by atoms with Gasteiger partial charge >= 0.3 is 5.97 Å². The average Bonchev–Trinajstić information content (AvgIpc) is 2.48. The molecule has 0 heterocycles. The van der Waals surface area contributed by atoms with Crippen LogP contribution in [-0.2, 0) is 0 Å². The average molecular weight is 266 g/mol. The Morgan fingerprint density at radius 2 is 1.50 bits per heavy atom. The van der Waals surface area contributed by atoms with E-state index in [-0.39, 0.29) is 11.5 Å². The van der Waals surface area contributed by atoms with Crippen molar-refractivity contribution in [2.24, 2.45) is 0 Å². The predicted molar refractivity (Wildman–Crippen MR) is 74.1 cm³/mol. The third-order valence-electron chi connectivity index (χ3n) is 2.65. The number of hydrogen-bond acceptors (Lipinski definition) is 2. The van der Waals surface area contributed by atoms with Gasteiger partial charge in [0.2, 0.25) is 0 Å². The van der Waals surface area contributed by atoms with Crippen molar-refractivity contribution in [1.29, 1.82) is 0 Å². The van der Waals surface area contributed by atoms with Gasteiger partial charge < -0.3 is 10.4 Å². The van der Waals surface area contributed by atoms with E-state index in [9.17, 15) is 9.59 Å². The molecule has 20 heavy (non-hydrogen) atoms. The smallest absolute Gasteiger partial charge is 0.335 e. The van der Waals surface area contributed by atoms with Gasteiger partial charge in [-0.3, -0.25) is 4.79 Å². The SMILES string of the molecule is [C-]#[N+]c1ccc(C(=O)Nc2ccc(C(=O)O)cc2)cc1. The van der Waals surface area contributed by atoms with E-state index in [1.165, 1.54) is 24.3 Å². The highest BCUT2D eigenvalue weighted by atomic mass is 16.4. The minimum Gasteiger partial charge on any atom is -0.478 e. The van der Waals surface area contributed by atoms with Crippen molar-refractivity contribution in [3.05, 3.63) is 71.1 Å². The monoisotopic (exact) mass is 266 g/mol. The van der Waals surface area contributed by atoms with Crippen LogP contribution in [0.5, 0.6) is 0 Å². The Kier molecular flexibility index (Phi) is 3.77. The van der Waals surface area contributed by atoms with Gasteiger partial charge in [0.1, 0.15) is 0 Å². The van der Waals surface area contributed by atoms with Crippen LogP contribution in [0.2, 0.25) is 0 Å². The molecule has 0 aliphatic heterocycles. The van der Waals surface area contributed by atoms with Crippen molar-refractivity contribution in [3.8, 4) is 0 Å². The van der Waals surface area contributed by atoms with Crippen LogP contribution in [-0.4, -0.2) is 17.0 Å². The maximum atomic E-state index is 11.9. The molecule has 5 heteroatoms. The lowest BCUT2D eigenvalue weighted by atomic mass is 10.1. The van der Waals surface area contributed by atoms with Crippen LogP contribution in [0.25, 0.3) is 4.85 Å². The second-order valence-corrected chi connectivity index (χ2v) is 4.00. The maximum Gasteiger partial charge on any atom is 0.335 e. The van der Waals surface area contributed by atoms with Crippen LogP contribution in [0.3, 0.4) is 0 Å². The highest BCUT2D eigenvalue weighted by molar-refractivity contribution is 6.04. The number of benzene rings is 2. The molecule has 0 aromatic heterocycles. The first-order valence-electron chi connectivity index (χ1n) is 5.72. The van der Waals surface area contributed by atoms with Crippen LogP contribution in [0.1, 0.15) is 20.7 Å². The largest absolute Gasteiger partial charge is 0.478 e. The first kappa shape index (κ1) is 13.3. The predicted octanol–water partition coefficient (Wildman–Crippen LogP) is 3.19. The minimum atomic E-state index is -1.02. The van der Waals surface area contributed by atoms with Crippen molar-refractivity contribution >= 4 is 23.3 Å². The summed E-state index contributed by atoms with van der Waals surface area (Å²) in [6.45, 7) is 6.83. The first-order valence-corrected chi connectivity index (χ1v) is 5.72. The molecule has 2 N–H and O–H groups in total. The fourth-order valence-corrected chi connectivity index (χ4v) is 1.59. The minimum absolute atomic E-state index is 0.157. The Balaban J connectivity index is 2.10. The zero-order valence-corrected chi connectivity index (χ0v) is 10.3. The molecule has 1 amide bonds. The number of amides is 1. The number of carboxylic acid groups (broad SMARTS) is 1. The summed E-state index contributed by atoms with van der Waals surface area (Å²) in [6.07, 6.45) is 0. The van der Waals surface area contributed by atoms with Gasteiger partial charge in [0.25, 0.3) is 5.91 Å². The molecule has 0 saturated heterocycles. The molecule has 0 fully saturated rings. The number of hydrogen-bond donors (Lipinski definition) is 2. The Hall–Kier alpha value is -3.13. The molecule has 2 aromatic rings. The fraction of sp³-hybridized carbons (Fsp3) is 0. The molecule has 98 valence electrons. The van der Waals surface area contributed by atoms with Crippen molar-refractivity contribution in [2.75, 3.05) is 5.32 Å². The molecular weight excluding hydrogens is 256 g/mol. The van der Waals surface area contributed by atoms with Crippen LogP contribution in [0.15, 0.2) is 48.5 Å². The van der Waals surface area contributed by atoms with E-state index in [2.05, 4.69) is 10.2 Å². The number of carbonyl (C=O) groups excluding carboxylic acids is 1. The number of aromatic carboxylic acids is 1. The zero-order chi connectivity index (χ0) is 14.5. The molecule has 5 nitrogen and oxygen atoms in total. The molecule has 0 aliphatic rings. The lowest BCUT2D eigenvalue weighted by molar-refractivity contribution is 0.0696. The highest BCUT2D eigenvalue weighted by Gasteiger charge is 2.07. The number of carbonyl (C=O) groups is 2. The molecule has 0 spiro atoms. The Labute approximate surface area is 115 Å². The Bertz CT molecular complexity index is 683. The maximum absolute atomic E-state index is 11.9. The van der Waals surface area contributed by atoms with Crippen LogP contribution >= 0.6 is 0 Å². The summed E-state index contributed by atoms with van der Waals surface area (Å²) in [5.74, 6) is -1.33. The van der Waals surface area contributed by atoms with Crippen molar-refractivity contribution in [2.45, 2.75) is 0 Å². The van der Waals surface area contributed by atoms with Crippen molar-refractivity contribution < 1.29 is 14.7 Å². The van der Waals surface area contributed by atoms with E-state index in [0.29, 0.717) is 16.9 Å². The Morgan fingerprint density at radius 3 is 2.00 bits per heavy atom. The molecule has 0 aliphatic carbocycles. The summed E-state index contributed by atoms with van der Waals surface area (Å²) in [6, 6.07) is 12.1. The van der Waals surface area contributed by atoms with E-state index in [1.54, 1.807) is 24.3 Å². The molecule has 0 atom stereocenters. The lowest BCUT2D eigenvalue weighted by Gasteiger charge is -2.05. The van der Waals surface area contributed by atoms with Gasteiger partial charge in [0.15, 0.2) is 5.69 Å².